The number of hydrogen-bond acceptors (Lipinski definition) is 2. The Hall–Kier alpha value is -0.930. The molecule has 18 heavy (non-hydrogen) atoms. The molecule has 1 rings (SSSR count). The molecule has 0 aliphatic heterocycles. The number of carbonyl (C=O) groups excluding carboxylic acids is 1. The highest BCUT2D eigenvalue weighted by Crippen LogP contribution is 2.28. The van der Waals surface area contributed by atoms with Crippen LogP contribution in [0, 0.1) is 5.92 Å². The number of carbonyl (C=O) groups is 1. The van der Waals surface area contributed by atoms with Crippen molar-refractivity contribution in [2.24, 2.45) is 5.92 Å². The van der Waals surface area contributed by atoms with Gasteiger partial charge in [-0.1, -0.05) is 44.0 Å². The van der Waals surface area contributed by atoms with Gasteiger partial charge in [-0.3, -0.25) is 4.79 Å². The van der Waals surface area contributed by atoms with E-state index in [-0.39, 0.29) is 17.0 Å². The number of halogens is 2. The highest BCUT2D eigenvalue weighted by atomic mass is 35.5. The lowest BCUT2D eigenvalue weighted by atomic mass is 10.0. The van der Waals surface area contributed by atoms with E-state index in [0.29, 0.717) is 22.2 Å². The van der Waals surface area contributed by atoms with Crippen LogP contribution in [-0.4, -0.2) is 11.9 Å². The third-order valence-electron chi connectivity index (χ3n) is 2.86. The Morgan fingerprint density at radius 3 is 2.50 bits per heavy atom. The summed E-state index contributed by atoms with van der Waals surface area (Å²) in [6.45, 7) is 6.14. The van der Waals surface area contributed by atoms with E-state index in [1.54, 1.807) is 0 Å². The zero-order valence-electron chi connectivity index (χ0n) is 10.8. The van der Waals surface area contributed by atoms with Gasteiger partial charge >= 0.3 is 0 Å². The van der Waals surface area contributed by atoms with Gasteiger partial charge in [0, 0.05) is 11.7 Å². The molecule has 0 spiro atoms. The highest BCUT2D eigenvalue weighted by Gasteiger charge is 2.19. The fraction of sp³-hybridized carbons (Fsp3) is 0.462. The second kappa shape index (κ2) is 6.30. The minimum absolute atomic E-state index is 0.105. The molecule has 3 N–H and O–H groups in total. The molecule has 5 heteroatoms. The van der Waals surface area contributed by atoms with Gasteiger partial charge in [-0.25, -0.2) is 0 Å². The summed E-state index contributed by atoms with van der Waals surface area (Å²) in [6.07, 6.45) is 0.858. The van der Waals surface area contributed by atoms with Crippen LogP contribution in [0.4, 0.5) is 5.69 Å². The van der Waals surface area contributed by atoms with Gasteiger partial charge in [0.15, 0.2) is 0 Å². The van der Waals surface area contributed by atoms with Gasteiger partial charge in [-0.15, -0.1) is 0 Å². The van der Waals surface area contributed by atoms with Gasteiger partial charge in [0.25, 0.3) is 5.91 Å². The van der Waals surface area contributed by atoms with Gasteiger partial charge in [0.2, 0.25) is 0 Å². The Bertz CT molecular complexity index is 447. The fourth-order valence-corrected chi connectivity index (χ4v) is 2.18. The predicted octanol–water partition coefficient (Wildman–Crippen LogP) is 3.74. The summed E-state index contributed by atoms with van der Waals surface area (Å²) in [7, 11) is 0. The van der Waals surface area contributed by atoms with Crippen molar-refractivity contribution in [3.63, 3.8) is 0 Å². The first kappa shape index (κ1) is 15.1. The summed E-state index contributed by atoms with van der Waals surface area (Å²) < 4.78 is 0. The molecule has 1 aromatic rings. The topological polar surface area (TPSA) is 55.1 Å². The molecule has 100 valence electrons. The van der Waals surface area contributed by atoms with E-state index < -0.39 is 0 Å². The second-order valence-electron chi connectivity index (χ2n) is 4.60. The molecule has 0 aromatic heterocycles. The van der Waals surface area contributed by atoms with Crippen molar-refractivity contribution in [1.29, 1.82) is 0 Å². The molecule has 0 aliphatic rings. The molecule has 0 radical (unpaired) electrons. The molecule has 0 aliphatic carbocycles. The smallest absolute Gasteiger partial charge is 0.253 e. The van der Waals surface area contributed by atoms with Crippen molar-refractivity contribution in [3.05, 3.63) is 27.7 Å². The van der Waals surface area contributed by atoms with Crippen LogP contribution in [-0.2, 0) is 0 Å². The summed E-state index contributed by atoms with van der Waals surface area (Å²) >= 11 is 11.9. The first-order chi connectivity index (χ1) is 8.36. The maximum Gasteiger partial charge on any atom is 0.253 e. The SMILES string of the molecule is CCC(NC(=O)c1cc(N)cc(Cl)c1Cl)C(C)C. The van der Waals surface area contributed by atoms with Crippen LogP contribution in [0.3, 0.4) is 0 Å². The normalized spacial score (nSPS) is 12.6. The molecule has 1 unspecified atom stereocenters. The average molecular weight is 289 g/mol. The molecular formula is C13H18Cl2N2O. The van der Waals surface area contributed by atoms with Crippen molar-refractivity contribution in [2.45, 2.75) is 33.2 Å². The quantitative estimate of drug-likeness (QED) is 0.830. The summed E-state index contributed by atoms with van der Waals surface area (Å²) in [5, 5.41) is 3.47. The molecule has 0 fully saturated rings. The summed E-state index contributed by atoms with van der Waals surface area (Å²) in [4.78, 5) is 12.1. The molecule has 1 aromatic carbocycles. The molecule has 1 atom stereocenters. The lowest BCUT2D eigenvalue weighted by Gasteiger charge is -2.21. The number of nitrogen functional groups attached to an aromatic ring is 1. The van der Waals surface area contributed by atoms with Crippen LogP contribution < -0.4 is 11.1 Å². The summed E-state index contributed by atoms with van der Waals surface area (Å²) in [6, 6.07) is 3.17. The molecule has 0 saturated heterocycles. The molecule has 3 nitrogen and oxygen atoms in total. The molecule has 0 heterocycles. The van der Waals surface area contributed by atoms with Crippen molar-refractivity contribution in [3.8, 4) is 0 Å². The molecular weight excluding hydrogens is 271 g/mol. The van der Waals surface area contributed by atoms with Gasteiger partial charge in [-0.05, 0) is 24.5 Å². The van der Waals surface area contributed by atoms with E-state index in [2.05, 4.69) is 19.2 Å². The van der Waals surface area contributed by atoms with Crippen LogP contribution in [0.25, 0.3) is 0 Å². The van der Waals surface area contributed by atoms with Crippen LogP contribution in [0.15, 0.2) is 12.1 Å². The van der Waals surface area contributed by atoms with E-state index in [1.165, 1.54) is 12.1 Å². The lowest BCUT2D eigenvalue weighted by molar-refractivity contribution is 0.0925. The highest BCUT2D eigenvalue weighted by molar-refractivity contribution is 6.44. The number of nitrogens with one attached hydrogen (secondary N) is 1. The number of rotatable bonds is 4. The number of benzene rings is 1. The van der Waals surface area contributed by atoms with E-state index in [0.717, 1.165) is 6.42 Å². The maximum absolute atomic E-state index is 12.1. The Kier molecular flexibility index (Phi) is 5.29. The third kappa shape index (κ3) is 3.53. The van der Waals surface area contributed by atoms with Gasteiger partial charge in [0.1, 0.15) is 0 Å². The molecule has 0 bridgehead atoms. The van der Waals surface area contributed by atoms with Crippen molar-refractivity contribution in [2.75, 3.05) is 5.73 Å². The zero-order chi connectivity index (χ0) is 13.9. The molecule has 1 amide bonds. The standard InChI is InChI=1S/C13H18Cl2N2O/c1-4-11(7(2)3)17-13(18)9-5-8(16)6-10(14)12(9)15/h5-7,11H,4,16H2,1-3H3,(H,17,18). The van der Waals surface area contributed by atoms with E-state index in [4.69, 9.17) is 28.9 Å². The van der Waals surface area contributed by atoms with Gasteiger partial charge in [-0.2, -0.15) is 0 Å². The Labute approximate surface area is 118 Å². The largest absolute Gasteiger partial charge is 0.399 e. The average Bonchev–Trinajstić information content (AvgIpc) is 2.29. The van der Waals surface area contributed by atoms with Crippen LogP contribution in [0.1, 0.15) is 37.6 Å². The zero-order valence-corrected chi connectivity index (χ0v) is 12.3. The van der Waals surface area contributed by atoms with Crippen molar-refractivity contribution < 1.29 is 4.79 Å². The third-order valence-corrected chi connectivity index (χ3v) is 3.66. The Morgan fingerprint density at radius 2 is 2.00 bits per heavy atom. The number of nitrogens with two attached hydrogens (primary N) is 1. The van der Waals surface area contributed by atoms with E-state index in [9.17, 15) is 4.79 Å². The lowest BCUT2D eigenvalue weighted by Crippen LogP contribution is -2.38. The van der Waals surface area contributed by atoms with E-state index in [1.807, 2.05) is 6.92 Å². The minimum atomic E-state index is -0.241. The Morgan fingerprint density at radius 1 is 1.39 bits per heavy atom. The number of hydrogen-bond donors (Lipinski definition) is 2. The maximum atomic E-state index is 12.1. The van der Waals surface area contributed by atoms with Crippen molar-refractivity contribution in [1.82, 2.24) is 5.32 Å². The van der Waals surface area contributed by atoms with Gasteiger partial charge in [0.05, 0.1) is 15.6 Å². The van der Waals surface area contributed by atoms with Gasteiger partial charge < -0.3 is 11.1 Å². The first-order valence-corrected chi connectivity index (χ1v) is 6.67. The monoisotopic (exact) mass is 288 g/mol. The first-order valence-electron chi connectivity index (χ1n) is 5.92. The predicted molar refractivity (Wildman–Crippen MR) is 77.3 cm³/mol. The van der Waals surface area contributed by atoms with Crippen LogP contribution in [0.5, 0.6) is 0 Å². The second-order valence-corrected chi connectivity index (χ2v) is 5.38. The van der Waals surface area contributed by atoms with E-state index >= 15 is 0 Å². The molecule has 0 saturated carbocycles. The van der Waals surface area contributed by atoms with Crippen LogP contribution in [0.2, 0.25) is 10.0 Å². The number of amides is 1. The minimum Gasteiger partial charge on any atom is -0.399 e. The van der Waals surface area contributed by atoms with Crippen LogP contribution >= 0.6 is 23.2 Å². The van der Waals surface area contributed by atoms with Crippen molar-refractivity contribution >= 4 is 34.8 Å². The number of anilines is 1. The Balaban J connectivity index is 2.97. The fourth-order valence-electron chi connectivity index (χ4n) is 1.76. The summed E-state index contributed by atoms with van der Waals surface area (Å²) in [5.41, 5.74) is 6.41. The summed E-state index contributed by atoms with van der Waals surface area (Å²) in [5.74, 6) is 0.115.